The summed E-state index contributed by atoms with van der Waals surface area (Å²) in [5.41, 5.74) is 2.27. The van der Waals surface area contributed by atoms with E-state index < -0.39 is 17.8 Å². The van der Waals surface area contributed by atoms with Crippen molar-refractivity contribution in [1.82, 2.24) is 5.32 Å². The Kier molecular flexibility index (Phi) is 6.12. The van der Waals surface area contributed by atoms with Gasteiger partial charge in [-0.15, -0.1) is 0 Å². The van der Waals surface area contributed by atoms with Crippen LogP contribution in [0.1, 0.15) is 23.6 Å². The summed E-state index contributed by atoms with van der Waals surface area (Å²) in [5, 5.41) is 2.49. The molecule has 2 aromatic carbocycles. The highest BCUT2D eigenvalue weighted by molar-refractivity contribution is 6.39. The van der Waals surface area contributed by atoms with E-state index in [1.807, 2.05) is 26.0 Å². The minimum atomic E-state index is -0.793. The number of urea groups is 1. The molecule has 1 heterocycles. The molecule has 1 N–H and O–H groups in total. The maximum atomic E-state index is 13.1. The Labute approximate surface area is 179 Å². The summed E-state index contributed by atoms with van der Waals surface area (Å²) in [6.07, 6.45) is 1.37. The van der Waals surface area contributed by atoms with E-state index in [9.17, 15) is 14.4 Å². The zero-order valence-electron chi connectivity index (χ0n) is 17.0. The molecule has 0 radical (unpaired) electrons. The van der Waals surface area contributed by atoms with Crippen LogP contribution in [0.15, 0.2) is 35.9 Å². The van der Waals surface area contributed by atoms with Crippen LogP contribution in [-0.2, 0) is 9.59 Å². The van der Waals surface area contributed by atoms with Gasteiger partial charge in [-0.1, -0.05) is 23.7 Å². The second-order valence-electron chi connectivity index (χ2n) is 6.71. The third kappa shape index (κ3) is 4.02. The van der Waals surface area contributed by atoms with Gasteiger partial charge in [0.1, 0.15) is 5.57 Å². The molecule has 2 aromatic rings. The Hall–Kier alpha value is -3.32. The smallest absolute Gasteiger partial charge is 0.335 e. The van der Waals surface area contributed by atoms with Gasteiger partial charge in [-0.3, -0.25) is 14.9 Å². The summed E-state index contributed by atoms with van der Waals surface area (Å²) in [7, 11) is 1.46. The van der Waals surface area contributed by atoms with Crippen molar-refractivity contribution in [3.05, 3.63) is 57.6 Å². The molecule has 30 heavy (non-hydrogen) atoms. The number of methoxy groups -OCH3 is 1. The van der Waals surface area contributed by atoms with Crippen LogP contribution in [0.5, 0.6) is 11.5 Å². The summed E-state index contributed by atoms with van der Waals surface area (Å²) in [6, 6.07) is 7.77. The van der Waals surface area contributed by atoms with Crippen molar-refractivity contribution in [2.75, 3.05) is 18.6 Å². The van der Waals surface area contributed by atoms with Crippen LogP contribution in [0.25, 0.3) is 6.08 Å². The third-order valence-electron chi connectivity index (χ3n) is 4.56. The molecule has 156 valence electrons. The van der Waals surface area contributed by atoms with Gasteiger partial charge in [0, 0.05) is 0 Å². The number of barbiturate groups is 1. The van der Waals surface area contributed by atoms with E-state index in [4.69, 9.17) is 21.1 Å². The van der Waals surface area contributed by atoms with Crippen LogP contribution in [-0.4, -0.2) is 31.6 Å². The third-order valence-corrected chi connectivity index (χ3v) is 4.84. The Morgan fingerprint density at radius 2 is 1.87 bits per heavy atom. The molecular weight excluding hydrogens is 408 g/mol. The largest absolute Gasteiger partial charge is 0.493 e. The van der Waals surface area contributed by atoms with Gasteiger partial charge < -0.3 is 9.47 Å². The van der Waals surface area contributed by atoms with E-state index >= 15 is 0 Å². The van der Waals surface area contributed by atoms with Crippen LogP contribution >= 0.6 is 11.6 Å². The Bertz CT molecular complexity index is 1080. The van der Waals surface area contributed by atoms with Crippen molar-refractivity contribution in [3.8, 4) is 11.5 Å². The standard InChI is InChI=1S/C22H21ClN2O5/c1-5-30-19-16(23)10-14(11-18(19)29-4)9-15-20(26)24-22(28)25(21(15)27)17-8-12(2)6-7-13(17)3/h6-11H,5H2,1-4H3,(H,24,26,28)/b15-9+. The quantitative estimate of drug-likeness (QED) is 0.574. The second-order valence-corrected chi connectivity index (χ2v) is 7.12. The molecule has 4 amide bonds. The van der Waals surface area contributed by atoms with Crippen molar-refractivity contribution in [2.24, 2.45) is 0 Å². The lowest BCUT2D eigenvalue weighted by molar-refractivity contribution is -0.122. The van der Waals surface area contributed by atoms with E-state index in [0.29, 0.717) is 29.4 Å². The Morgan fingerprint density at radius 1 is 1.13 bits per heavy atom. The Morgan fingerprint density at radius 3 is 2.53 bits per heavy atom. The normalized spacial score (nSPS) is 15.4. The van der Waals surface area contributed by atoms with E-state index in [2.05, 4.69) is 5.32 Å². The number of nitrogens with zero attached hydrogens (tertiary/aromatic N) is 1. The molecular formula is C22H21ClN2O5. The fourth-order valence-electron chi connectivity index (χ4n) is 3.11. The molecule has 1 fully saturated rings. The van der Waals surface area contributed by atoms with Gasteiger partial charge in [0.15, 0.2) is 11.5 Å². The fourth-order valence-corrected chi connectivity index (χ4v) is 3.38. The highest BCUT2D eigenvalue weighted by atomic mass is 35.5. The van der Waals surface area contributed by atoms with Crippen molar-refractivity contribution < 1.29 is 23.9 Å². The minimum Gasteiger partial charge on any atom is -0.493 e. The number of hydrogen-bond acceptors (Lipinski definition) is 5. The van der Waals surface area contributed by atoms with Gasteiger partial charge in [0.25, 0.3) is 11.8 Å². The molecule has 0 saturated carbocycles. The van der Waals surface area contributed by atoms with Gasteiger partial charge in [0.05, 0.1) is 24.4 Å². The second kappa shape index (κ2) is 8.59. The summed E-state index contributed by atoms with van der Waals surface area (Å²) in [4.78, 5) is 38.9. The lowest BCUT2D eigenvalue weighted by atomic mass is 10.0. The molecule has 1 aliphatic heterocycles. The Balaban J connectivity index is 2.07. The van der Waals surface area contributed by atoms with E-state index in [1.165, 1.54) is 13.2 Å². The van der Waals surface area contributed by atoms with E-state index in [-0.39, 0.29) is 10.6 Å². The molecule has 0 bridgehead atoms. The van der Waals surface area contributed by atoms with E-state index in [0.717, 1.165) is 16.0 Å². The molecule has 3 rings (SSSR count). The predicted molar refractivity (Wildman–Crippen MR) is 114 cm³/mol. The number of aryl methyl sites for hydroxylation is 2. The maximum absolute atomic E-state index is 13.1. The summed E-state index contributed by atoms with van der Waals surface area (Å²) < 4.78 is 10.8. The fraction of sp³-hybridized carbons (Fsp3) is 0.227. The first-order chi connectivity index (χ1) is 14.3. The van der Waals surface area contributed by atoms with Gasteiger partial charge in [-0.25, -0.2) is 9.69 Å². The molecule has 7 nitrogen and oxygen atoms in total. The van der Waals surface area contributed by atoms with Gasteiger partial charge >= 0.3 is 6.03 Å². The summed E-state index contributed by atoms with van der Waals surface area (Å²) >= 11 is 6.28. The zero-order chi connectivity index (χ0) is 22.0. The van der Waals surface area contributed by atoms with Crippen molar-refractivity contribution in [3.63, 3.8) is 0 Å². The summed E-state index contributed by atoms with van der Waals surface area (Å²) in [5.74, 6) is -0.769. The summed E-state index contributed by atoms with van der Waals surface area (Å²) in [6.45, 7) is 5.84. The molecule has 8 heteroatoms. The number of rotatable bonds is 5. The molecule has 0 aromatic heterocycles. The lowest BCUT2D eigenvalue weighted by Crippen LogP contribution is -2.54. The van der Waals surface area contributed by atoms with Crippen LogP contribution < -0.4 is 19.7 Å². The topological polar surface area (TPSA) is 84.9 Å². The van der Waals surface area contributed by atoms with E-state index in [1.54, 1.807) is 25.1 Å². The number of carbonyl (C=O) groups is 3. The molecule has 0 unspecified atom stereocenters. The number of imide groups is 2. The highest BCUT2D eigenvalue weighted by Crippen LogP contribution is 2.37. The predicted octanol–water partition coefficient (Wildman–Crippen LogP) is 4.03. The molecule has 0 aliphatic carbocycles. The van der Waals surface area contributed by atoms with Gasteiger partial charge in [0.2, 0.25) is 0 Å². The lowest BCUT2D eigenvalue weighted by Gasteiger charge is -2.27. The van der Waals surface area contributed by atoms with Gasteiger partial charge in [-0.05, 0) is 61.7 Å². The SMILES string of the molecule is CCOc1c(Cl)cc(/C=C2\C(=O)NC(=O)N(c3cc(C)ccc3C)C2=O)cc1OC. The number of benzene rings is 2. The first-order valence-corrected chi connectivity index (χ1v) is 9.63. The van der Waals surface area contributed by atoms with Crippen molar-refractivity contribution in [2.45, 2.75) is 20.8 Å². The first-order valence-electron chi connectivity index (χ1n) is 9.25. The average molecular weight is 429 g/mol. The highest BCUT2D eigenvalue weighted by Gasteiger charge is 2.37. The van der Waals surface area contributed by atoms with Crippen LogP contribution in [0.2, 0.25) is 5.02 Å². The number of hydrogen-bond donors (Lipinski definition) is 1. The minimum absolute atomic E-state index is 0.196. The van der Waals surface area contributed by atoms with Crippen LogP contribution in [0.4, 0.5) is 10.5 Å². The number of carbonyl (C=O) groups excluding carboxylic acids is 3. The van der Waals surface area contributed by atoms with Crippen LogP contribution in [0.3, 0.4) is 0 Å². The number of amides is 4. The van der Waals surface area contributed by atoms with Crippen molar-refractivity contribution in [1.29, 1.82) is 0 Å². The van der Waals surface area contributed by atoms with Crippen LogP contribution in [0, 0.1) is 13.8 Å². The number of nitrogens with one attached hydrogen (secondary N) is 1. The number of halogens is 1. The maximum Gasteiger partial charge on any atom is 0.335 e. The first kappa shape index (κ1) is 21.4. The molecule has 1 aliphatic rings. The number of ether oxygens (including phenoxy) is 2. The molecule has 1 saturated heterocycles. The zero-order valence-corrected chi connectivity index (χ0v) is 17.8. The van der Waals surface area contributed by atoms with Gasteiger partial charge in [-0.2, -0.15) is 0 Å². The molecule has 0 atom stereocenters. The monoisotopic (exact) mass is 428 g/mol. The molecule has 0 spiro atoms. The average Bonchev–Trinajstić information content (AvgIpc) is 2.69. The van der Waals surface area contributed by atoms with Crippen molar-refractivity contribution >= 4 is 41.2 Å². The number of anilines is 1.